The molecule has 4 unspecified atom stereocenters. The van der Waals surface area contributed by atoms with Crippen LogP contribution in [-0.2, 0) is 4.74 Å². The molecule has 0 fully saturated rings. The van der Waals surface area contributed by atoms with Gasteiger partial charge in [-0.1, -0.05) is 0 Å². The zero-order valence-corrected chi connectivity index (χ0v) is 12.5. The average Bonchev–Trinajstić information content (AvgIpc) is 2.40. The number of halogens is 18. The summed E-state index contributed by atoms with van der Waals surface area (Å²) < 4.78 is 229. The Morgan fingerprint density at radius 1 is 0.414 bits per heavy atom. The van der Waals surface area contributed by atoms with Crippen LogP contribution in [0.25, 0.3) is 0 Å². The van der Waals surface area contributed by atoms with Crippen LogP contribution in [0.15, 0.2) is 0 Å². The highest BCUT2D eigenvalue weighted by Crippen LogP contribution is 2.53. The van der Waals surface area contributed by atoms with E-state index in [-0.39, 0.29) is 0 Å². The van der Waals surface area contributed by atoms with Crippen LogP contribution in [0.3, 0.4) is 0 Å². The van der Waals surface area contributed by atoms with E-state index in [0.717, 1.165) is 0 Å². The van der Waals surface area contributed by atoms with Gasteiger partial charge in [-0.3, -0.25) is 0 Å². The van der Waals surface area contributed by atoms with Crippen molar-refractivity contribution in [2.75, 3.05) is 0 Å². The lowest BCUT2D eigenvalue weighted by Crippen LogP contribution is -2.68. The van der Waals surface area contributed by atoms with Gasteiger partial charge >= 0.3 is 24.7 Å². The SMILES string of the molecule is FC(F)C(F)(C(OC(C(F)(F)F)C(F)(C(F)F)C(F)(F)F)C(F)(F)F)C(F)(F)F. The van der Waals surface area contributed by atoms with Gasteiger partial charge < -0.3 is 4.74 Å². The maximum absolute atomic E-state index is 13.5. The third-order valence-corrected chi connectivity index (χ3v) is 3.13. The van der Waals surface area contributed by atoms with E-state index in [4.69, 9.17) is 0 Å². The van der Waals surface area contributed by atoms with E-state index >= 15 is 0 Å². The Labute approximate surface area is 146 Å². The van der Waals surface area contributed by atoms with E-state index in [1.54, 1.807) is 0 Å². The molecule has 0 bridgehead atoms. The molecule has 0 N–H and O–H groups in total. The summed E-state index contributed by atoms with van der Waals surface area (Å²) in [6.07, 6.45) is -53.8. The molecule has 0 amide bonds. The molecule has 0 saturated heterocycles. The van der Waals surface area contributed by atoms with Crippen LogP contribution in [0, 0.1) is 0 Å². The molecule has 0 heterocycles. The molecule has 0 spiro atoms. The molecule has 0 radical (unpaired) electrons. The monoisotopic (exact) mass is 482 g/mol. The Balaban J connectivity index is 6.87. The van der Waals surface area contributed by atoms with Gasteiger partial charge in [0.05, 0.1) is 0 Å². The lowest BCUT2D eigenvalue weighted by Gasteiger charge is -2.41. The highest BCUT2D eigenvalue weighted by molar-refractivity contribution is 5.06. The minimum Gasteiger partial charge on any atom is -0.348 e. The van der Waals surface area contributed by atoms with Crippen molar-refractivity contribution in [2.24, 2.45) is 0 Å². The maximum Gasteiger partial charge on any atom is 0.431 e. The van der Waals surface area contributed by atoms with Crippen molar-refractivity contribution in [3.8, 4) is 0 Å². The Morgan fingerprint density at radius 3 is 0.724 bits per heavy atom. The molecular weight excluding hydrogens is 478 g/mol. The number of hydrogen-bond acceptors (Lipinski definition) is 1. The molecule has 1 nitrogen and oxygen atoms in total. The average molecular weight is 482 g/mol. The molecule has 0 aromatic carbocycles. The van der Waals surface area contributed by atoms with Gasteiger partial charge in [0.2, 0.25) is 12.2 Å². The van der Waals surface area contributed by atoms with Gasteiger partial charge in [-0.25, -0.2) is 26.3 Å². The number of alkyl halides is 18. The number of hydrogen-bond donors (Lipinski definition) is 0. The van der Waals surface area contributed by atoms with Gasteiger partial charge in [0, 0.05) is 0 Å². The van der Waals surface area contributed by atoms with E-state index in [1.165, 1.54) is 0 Å². The first-order valence-electron chi connectivity index (χ1n) is 6.22. The summed E-state index contributed by atoms with van der Waals surface area (Å²) in [6.45, 7) is 0. The third kappa shape index (κ3) is 5.07. The highest BCUT2D eigenvalue weighted by Gasteiger charge is 2.79. The Hall–Kier alpha value is -1.30. The summed E-state index contributed by atoms with van der Waals surface area (Å²) in [5.41, 5.74) is -14.4. The fourth-order valence-electron chi connectivity index (χ4n) is 1.74. The lowest BCUT2D eigenvalue weighted by atomic mass is 9.94. The van der Waals surface area contributed by atoms with E-state index in [1.807, 2.05) is 0 Å². The molecule has 0 aliphatic heterocycles. The summed E-state index contributed by atoms with van der Waals surface area (Å²) in [6, 6.07) is 0. The third-order valence-electron chi connectivity index (χ3n) is 3.13. The maximum atomic E-state index is 13.5. The van der Waals surface area contributed by atoms with Crippen LogP contribution >= 0.6 is 0 Å². The van der Waals surface area contributed by atoms with Crippen molar-refractivity contribution in [3.05, 3.63) is 0 Å². The van der Waals surface area contributed by atoms with Crippen molar-refractivity contribution >= 4 is 0 Å². The van der Waals surface area contributed by atoms with Crippen LogP contribution in [0.5, 0.6) is 0 Å². The first-order valence-corrected chi connectivity index (χ1v) is 6.22. The molecule has 0 saturated carbocycles. The predicted molar refractivity (Wildman–Crippen MR) is 52.6 cm³/mol. The quantitative estimate of drug-likeness (QED) is 0.427. The first kappa shape index (κ1) is 27.7. The lowest BCUT2D eigenvalue weighted by molar-refractivity contribution is -0.407. The van der Waals surface area contributed by atoms with Crippen LogP contribution in [0.1, 0.15) is 0 Å². The second kappa shape index (κ2) is 7.75. The number of rotatable bonds is 6. The van der Waals surface area contributed by atoms with Gasteiger partial charge in [-0.2, -0.15) is 52.7 Å². The van der Waals surface area contributed by atoms with Crippen molar-refractivity contribution in [1.29, 1.82) is 0 Å². The van der Waals surface area contributed by atoms with Crippen LogP contribution < -0.4 is 0 Å². The van der Waals surface area contributed by atoms with E-state index in [0.29, 0.717) is 0 Å². The van der Waals surface area contributed by atoms with Crippen LogP contribution in [0.4, 0.5) is 79.0 Å². The summed E-state index contributed by atoms with van der Waals surface area (Å²) in [5, 5.41) is 0. The van der Waals surface area contributed by atoms with Crippen molar-refractivity contribution in [1.82, 2.24) is 0 Å². The van der Waals surface area contributed by atoms with E-state index in [9.17, 15) is 79.0 Å². The zero-order chi connectivity index (χ0) is 24.0. The first-order chi connectivity index (χ1) is 12.4. The van der Waals surface area contributed by atoms with Crippen molar-refractivity contribution in [3.63, 3.8) is 0 Å². The second-order valence-corrected chi connectivity index (χ2v) is 5.11. The molecule has 29 heavy (non-hydrogen) atoms. The second-order valence-electron chi connectivity index (χ2n) is 5.11. The fourth-order valence-corrected chi connectivity index (χ4v) is 1.74. The van der Waals surface area contributed by atoms with Crippen molar-refractivity contribution in [2.45, 2.75) is 61.1 Å². The Bertz CT molecular complexity index is 493. The van der Waals surface area contributed by atoms with E-state index < -0.39 is 61.1 Å². The van der Waals surface area contributed by atoms with Gasteiger partial charge in [0.15, 0.2) is 0 Å². The smallest absolute Gasteiger partial charge is 0.348 e. The van der Waals surface area contributed by atoms with Gasteiger partial charge in [-0.05, 0) is 0 Å². The van der Waals surface area contributed by atoms with Gasteiger partial charge in [0.1, 0.15) is 0 Å². The molecule has 4 atom stereocenters. The largest absolute Gasteiger partial charge is 0.431 e. The summed E-state index contributed by atoms with van der Waals surface area (Å²) in [7, 11) is 0. The normalized spacial score (nSPS) is 21.1. The highest BCUT2D eigenvalue weighted by atomic mass is 19.4. The molecule has 0 aliphatic rings. The summed E-state index contributed by atoms with van der Waals surface area (Å²) in [4.78, 5) is 0. The fraction of sp³-hybridized carbons (Fsp3) is 1.00. The van der Waals surface area contributed by atoms with Crippen LogP contribution in [-0.4, -0.2) is 61.1 Å². The zero-order valence-electron chi connectivity index (χ0n) is 12.5. The Morgan fingerprint density at radius 2 is 0.621 bits per heavy atom. The van der Waals surface area contributed by atoms with Crippen LogP contribution in [0.2, 0.25) is 0 Å². The van der Waals surface area contributed by atoms with Gasteiger partial charge in [-0.15, -0.1) is 0 Å². The predicted octanol–water partition coefficient (Wildman–Crippen LogP) is 5.94. The Kier molecular flexibility index (Phi) is 7.40. The molecule has 0 aromatic rings. The van der Waals surface area contributed by atoms with E-state index in [2.05, 4.69) is 4.74 Å². The molecule has 176 valence electrons. The van der Waals surface area contributed by atoms with Gasteiger partial charge in [0.25, 0.3) is 24.2 Å². The molecule has 0 aromatic heterocycles. The molecule has 0 aliphatic carbocycles. The topological polar surface area (TPSA) is 9.23 Å². The molecule has 0 rings (SSSR count). The number of ether oxygens (including phenoxy) is 1. The minimum atomic E-state index is -7.46. The summed E-state index contributed by atoms with van der Waals surface area (Å²) >= 11 is 0. The van der Waals surface area contributed by atoms with Crippen molar-refractivity contribution < 1.29 is 83.8 Å². The minimum absolute atomic E-state index is 2.09. The standard InChI is InChI=1S/C10H4F18O/c11-3(12)5(15,9(23,24)25)1(7(17,18)19)29-2(8(20,21)22)6(16,4(13)14)10(26,27)28/h1-4H. The molecular formula is C10H4F18O. The molecule has 19 heteroatoms. The summed E-state index contributed by atoms with van der Waals surface area (Å²) in [5.74, 6) is 0.